The summed E-state index contributed by atoms with van der Waals surface area (Å²) < 4.78 is 18.3. The molecule has 1 amide bonds. The third kappa shape index (κ3) is 4.07. The Balaban J connectivity index is 2.69. The van der Waals surface area contributed by atoms with Crippen LogP contribution in [0.15, 0.2) is 18.2 Å². The van der Waals surface area contributed by atoms with Gasteiger partial charge in [0.15, 0.2) is 6.61 Å². The van der Waals surface area contributed by atoms with Crippen molar-refractivity contribution < 1.29 is 13.9 Å². The van der Waals surface area contributed by atoms with E-state index in [9.17, 15) is 9.18 Å². The molecule has 0 aliphatic carbocycles. The van der Waals surface area contributed by atoms with E-state index < -0.39 is 5.82 Å². The van der Waals surface area contributed by atoms with Crippen molar-refractivity contribution in [3.63, 3.8) is 0 Å². The number of nitrogens with one attached hydrogen (secondary N) is 1. The smallest absolute Gasteiger partial charge is 0.258 e. The molecule has 0 radical (unpaired) electrons. The number of hydrogen-bond donors (Lipinski definition) is 2. The van der Waals surface area contributed by atoms with E-state index in [0.717, 1.165) is 0 Å². The van der Waals surface area contributed by atoms with Crippen molar-refractivity contribution in [1.29, 1.82) is 0 Å². The molecule has 0 saturated heterocycles. The first-order chi connectivity index (χ1) is 8.54. The zero-order chi connectivity index (χ0) is 13.5. The second-order valence-corrected chi connectivity index (χ2v) is 3.74. The molecule has 1 aromatic rings. The molecule has 0 fully saturated rings. The highest BCUT2D eigenvalue weighted by Gasteiger charge is 2.11. The molecule has 0 aliphatic heterocycles. The highest BCUT2D eigenvalue weighted by molar-refractivity contribution is 5.77. The summed E-state index contributed by atoms with van der Waals surface area (Å²) in [7, 11) is 0. The van der Waals surface area contributed by atoms with Gasteiger partial charge in [0.2, 0.25) is 0 Å². The first-order valence-corrected chi connectivity index (χ1v) is 5.42. The Morgan fingerprint density at radius 2 is 2.39 bits per heavy atom. The van der Waals surface area contributed by atoms with E-state index in [2.05, 4.69) is 11.2 Å². The lowest BCUT2D eigenvalue weighted by molar-refractivity contribution is -0.122. The average molecular weight is 250 g/mol. The average Bonchev–Trinajstić information content (AvgIpc) is 2.33. The Kier molecular flexibility index (Phi) is 5.15. The fraction of sp³-hybridized carbons (Fsp3) is 0.308. The maximum Gasteiger partial charge on any atom is 0.258 e. The summed E-state index contributed by atoms with van der Waals surface area (Å²) in [6.07, 6.45) is 5.00. The lowest BCUT2D eigenvalue weighted by Gasteiger charge is -2.13. The molecule has 0 saturated carbocycles. The number of ether oxygens (including phenoxy) is 1. The topological polar surface area (TPSA) is 64.3 Å². The van der Waals surface area contributed by atoms with Gasteiger partial charge >= 0.3 is 0 Å². The van der Waals surface area contributed by atoms with Crippen LogP contribution in [-0.2, 0) is 4.79 Å². The lowest BCUT2D eigenvalue weighted by Crippen LogP contribution is -2.29. The number of amides is 1. The number of hydrogen-bond acceptors (Lipinski definition) is 3. The van der Waals surface area contributed by atoms with Crippen molar-refractivity contribution in [1.82, 2.24) is 5.32 Å². The van der Waals surface area contributed by atoms with E-state index in [1.807, 2.05) is 0 Å². The number of carbonyl (C=O) groups is 1. The van der Waals surface area contributed by atoms with Crippen LogP contribution in [0.3, 0.4) is 0 Å². The molecule has 0 aromatic heterocycles. The highest BCUT2D eigenvalue weighted by Crippen LogP contribution is 2.24. The van der Waals surface area contributed by atoms with Crippen LogP contribution in [0.25, 0.3) is 0 Å². The fourth-order valence-electron chi connectivity index (χ4n) is 1.35. The summed E-state index contributed by atoms with van der Waals surface area (Å²) in [4.78, 5) is 11.3. The number of nitrogens with two attached hydrogens (primary N) is 1. The van der Waals surface area contributed by atoms with Gasteiger partial charge in [-0.25, -0.2) is 4.39 Å². The summed E-state index contributed by atoms with van der Waals surface area (Å²) in [6, 6.07) is 3.72. The molecule has 5 heteroatoms. The Labute approximate surface area is 105 Å². The van der Waals surface area contributed by atoms with Crippen molar-refractivity contribution in [2.75, 3.05) is 13.2 Å². The molecule has 96 valence electrons. The SMILES string of the molecule is C#CCNC(=O)COc1cc(F)ccc1[C@H](C)N. The minimum Gasteiger partial charge on any atom is -0.483 e. The summed E-state index contributed by atoms with van der Waals surface area (Å²) in [6.45, 7) is 1.65. The van der Waals surface area contributed by atoms with Crippen LogP contribution < -0.4 is 15.8 Å². The summed E-state index contributed by atoms with van der Waals surface area (Å²) in [5.41, 5.74) is 6.36. The van der Waals surface area contributed by atoms with Crippen molar-refractivity contribution >= 4 is 5.91 Å². The quantitative estimate of drug-likeness (QED) is 0.765. The van der Waals surface area contributed by atoms with Crippen molar-refractivity contribution in [2.45, 2.75) is 13.0 Å². The van der Waals surface area contributed by atoms with Gasteiger partial charge in [0.25, 0.3) is 5.91 Å². The molecule has 1 aromatic carbocycles. The molecule has 0 bridgehead atoms. The second kappa shape index (κ2) is 6.62. The van der Waals surface area contributed by atoms with E-state index in [0.29, 0.717) is 5.56 Å². The zero-order valence-electron chi connectivity index (χ0n) is 10.1. The first-order valence-electron chi connectivity index (χ1n) is 5.42. The molecule has 0 aliphatic rings. The number of rotatable bonds is 5. The monoisotopic (exact) mass is 250 g/mol. The summed E-state index contributed by atoms with van der Waals surface area (Å²) >= 11 is 0. The Hall–Kier alpha value is -2.06. The standard InChI is InChI=1S/C13H15FN2O2/c1-3-6-16-13(17)8-18-12-7-10(14)4-5-11(12)9(2)15/h1,4-5,7,9H,6,8,15H2,2H3,(H,16,17)/t9-/m0/s1. The molecular weight excluding hydrogens is 235 g/mol. The van der Waals surface area contributed by atoms with Crippen LogP contribution in [0.1, 0.15) is 18.5 Å². The third-order valence-electron chi connectivity index (χ3n) is 2.21. The molecule has 3 N–H and O–H groups in total. The largest absolute Gasteiger partial charge is 0.483 e. The normalized spacial score (nSPS) is 11.4. The van der Waals surface area contributed by atoms with Gasteiger partial charge in [0.1, 0.15) is 11.6 Å². The van der Waals surface area contributed by atoms with Crippen molar-refractivity contribution in [3.8, 4) is 18.1 Å². The number of halogens is 1. The van der Waals surface area contributed by atoms with E-state index in [-0.39, 0.29) is 30.9 Å². The van der Waals surface area contributed by atoms with Gasteiger partial charge in [-0.2, -0.15) is 0 Å². The Morgan fingerprint density at radius 1 is 1.67 bits per heavy atom. The molecule has 0 unspecified atom stereocenters. The van der Waals surface area contributed by atoms with Crippen molar-refractivity contribution in [3.05, 3.63) is 29.6 Å². The molecule has 1 rings (SSSR count). The molecule has 18 heavy (non-hydrogen) atoms. The van der Waals surface area contributed by atoms with Gasteiger partial charge in [0.05, 0.1) is 6.54 Å². The highest BCUT2D eigenvalue weighted by atomic mass is 19.1. The van der Waals surface area contributed by atoms with Crippen LogP contribution in [0.4, 0.5) is 4.39 Å². The number of benzene rings is 1. The van der Waals surface area contributed by atoms with E-state index in [1.54, 1.807) is 6.92 Å². The van der Waals surface area contributed by atoms with Gasteiger partial charge in [-0.15, -0.1) is 6.42 Å². The van der Waals surface area contributed by atoms with Gasteiger partial charge in [0, 0.05) is 17.7 Å². The van der Waals surface area contributed by atoms with Gasteiger partial charge in [-0.05, 0) is 13.0 Å². The van der Waals surface area contributed by atoms with Crippen LogP contribution >= 0.6 is 0 Å². The molecular formula is C13H15FN2O2. The van der Waals surface area contributed by atoms with Crippen LogP contribution in [0, 0.1) is 18.2 Å². The molecule has 0 heterocycles. The minimum absolute atomic E-state index is 0.130. The number of terminal acetylenes is 1. The maximum atomic E-state index is 13.1. The maximum absolute atomic E-state index is 13.1. The Bertz CT molecular complexity index is 467. The zero-order valence-corrected chi connectivity index (χ0v) is 10.1. The summed E-state index contributed by atoms with van der Waals surface area (Å²) in [5, 5.41) is 2.44. The predicted octanol–water partition coefficient (Wildman–Crippen LogP) is 0.974. The van der Waals surface area contributed by atoms with E-state index >= 15 is 0 Å². The van der Waals surface area contributed by atoms with Crippen molar-refractivity contribution in [2.24, 2.45) is 5.73 Å². The minimum atomic E-state index is -0.446. The first kappa shape index (κ1) is 14.0. The van der Waals surface area contributed by atoms with Crippen LogP contribution in [0.5, 0.6) is 5.75 Å². The Morgan fingerprint density at radius 3 is 3.00 bits per heavy atom. The van der Waals surface area contributed by atoms with Crippen LogP contribution in [0.2, 0.25) is 0 Å². The van der Waals surface area contributed by atoms with Gasteiger partial charge in [-0.1, -0.05) is 12.0 Å². The second-order valence-electron chi connectivity index (χ2n) is 3.74. The molecule has 4 nitrogen and oxygen atoms in total. The van der Waals surface area contributed by atoms with Crippen LogP contribution in [-0.4, -0.2) is 19.1 Å². The van der Waals surface area contributed by atoms with E-state index in [4.69, 9.17) is 16.9 Å². The molecule has 0 spiro atoms. The summed E-state index contributed by atoms with van der Waals surface area (Å²) in [5.74, 6) is 1.72. The van der Waals surface area contributed by atoms with Gasteiger partial charge in [-0.3, -0.25) is 4.79 Å². The fourth-order valence-corrected chi connectivity index (χ4v) is 1.35. The number of carbonyl (C=O) groups excluding carboxylic acids is 1. The van der Waals surface area contributed by atoms with E-state index in [1.165, 1.54) is 18.2 Å². The predicted molar refractivity (Wildman–Crippen MR) is 66.3 cm³/mol. The third-order valence-corrected chi connectivity index (χ3v) is 2.21. The molecule has 1 atom stereocenters. The lowest BCUT2D eigenvalue weighted by atomic mass is 10.1. The van der Waals surface area contributed by atoms with Gasteiger partial charge < -0.3 is 15.8 Å².